The Labute approximate surface area is 106 Å². The third-order valence-electron chi connectivity index (χ3n) is 2.49. The van der Waals surface area contributed by atoms with Gasteiger partial charge in [-0.25, -0.2) is 8.42 Å². The molecular formula is C13H11ClO2S. The number of hydrogen-bond acceptors (Lipinski definition) is 2. The summed E-state index contributed by atoms with van der Waals surface area (Å²) in [6.45, 7) is 1.78. The largest absolute Gasteiger partial charge is 0.219 e. The second-order valence-electron chi connectivity index (χ2n) is 3.73. The molecule has 0 aromatic heterocycles. The monoisotopic (exact) mass is 266 g/mol. The standard InChI is InChI=1S/C13H11ClO2S/c1-10-9-12(7-8-13(10)14)17(15,16)11-5-3-2-4-6-11/h2-9H,1H3. The van der Waals surface area contributed by atoms with E-state index in [0.29, 0.717) is 9.92 Å². The summed E-state index contributed by atoms with van der Waals surface area (Å²) in [6, 6.07) is 13.1. The highest BCUT2D eigenvalue weighted by Crippen LogP contribution is 2.24. The van der Waals surface area contributed by atoms with Crippen molar-refractivity contribution in [3.63, 3.8) is 0 Å². The lowest BCUT2D eigenvalue weighted by Gasteiger charge is -2.06. The van der Waals surface area contributed by atoms with Crippen molar-refractivity contribution in [3.05, 3.63) is 59.1 Å². The van der Waals surface area contributed by atoms with Gasteiger partial charge < -0.3 is 0 Å². The van der Waals surface area contributed by atoms with Gasteiger partial charge in [0.25, 0.3) is 0 Å². The number of benzene rings is 2. The van der Waals surface area contributed by atoms with Gasteiger partial charge in [0, 0.05) is 5.02 Å². The highest BCUT2D eigenvalue weighted by Gasteiger charge is 2.17. The summed E-state index contributed by atoms with van der Waals surface area (Å²) < 4.78 is 24.5. The van der Waals surface area contributed by atoms with Crippen molar-refractivity contribution in [3.8, 4) is 0 Å². The van der Waals surface area contributed by atoms with E-state index in [-0.39, 0.29) is 4.90 Å². The number of sulfone groups is 1. The van der Waals surface area contributed by atoms with Crippen LogP contribution in [0.5, 0.6) is 0 Å². The first kappa shape index (κ1) is 12.1. The van der Waals surface area contributed by atoms with Crippen molar-refractivity contribution in [2.75, 3.05) is 0 Å². The number of halogens is 1. The fourth-order valence-electron chi connectivity index (χ4n) is 1.52. The van der Waals surface area contributed by atoms with E-state index in [9.17, 15) is 8.42 Å². The van der Waals surface area contributed by atoms with E-state index in [4.69, 9.17) is 11.6 Å². The molecule has 0 aliphatic rings. The predicted molar refractivity (Wildman–Crippen MR) is 68.1 cm³/mol. The summed E-state index contributed by atoms with van der Waals surface area (Å²) in [6.07, 6.45) is 0. The zero-order chi connectivity index (χ0) is 12.5. The average molecular weight is 267 g/mol. The maximum Gasteiger partial charge on any atom is 0.206 e. The molecule has 0 spiro atoms. The quantitative estimate of drug-likeness (QED) is 0.834. The first-order valence-corrected chi connectivity index (χ1v) is 6.94. The topological polar surface area (TPSA) is 34.1 Å². The van der Waals surface area contributed by atoms with E-state index in [1.807, 2.05) is 0 Å². The van der Waals surface area contributed by atoms with Crippen LogP contribution in [0.2, 0.25) is 5.02 Å². The second kappa shape index (κ2) is 4.51. The predicted octanol–water partition coefficient (Wildman–Crippen LogP) is 3.48. The molecule has 88 valence electrons. The maximum atomic E-state index is 12.3. The Kier molecular flexibility index (Phi) is 3.22. The molecule has 4 heteroatoms. The van der Waals surface area contributed by atoms with Crippen molar-refractivity contribution in [1.82, 2.24) is 0 Å². The molecule has 0 radical (unpaired) electrons. The molecule has 0 bridgehead atoms. The van der Waals surface area contributed by atoms with E-state index in [1.165, 1.54) is 6.07 Å². The molecule has 17 heavy (non-hydrogen) atoms. The molecule has 2 aromatic carbocycles. The molecule has 2 aromatic rings. The number of aryl methyl sites for hydroxylation is 1. The summed E-state index contributed by atoms with van der Waals surface area (Å²) in [5.41, 5.74) is 0.753. The van der Waals surface area contributed by atoms with Crippen LogP contribution in [0.4, 0.5) is 0 Å². The Bertz CT molecular complexity index is 634. The summed E-state index contributed by atoms with van der Waals surface area (Å²) in [7, 11) is -3.44. The van der Waals surface area contributed by atoms with E-state index in [2.05, 4.69) is 0 Å². The molecule has 0 saturated heterocycles. The fraction of sp³-hybridized carbons (Fsp3) is 0.0769. The van der Waals surface area contributed by atoms with Gasteiger partial charge in [-0.2, -0.15) is 0 Å². The lowest BCUT2D eigenvalue weighted by Crippen LogP contribution is -2.01. The summed E-state index contributed by atoms with van der Waals surface area (Å²) in [4.78, 5) is 0.562. The van der Waals surface area contributed by atoms with Crippen LogP contribution in [0.25, 0.3) is 0 Å². The second-order valence-corrected chi connectivity index (χ2v) is 6.08. The Morgan fingerprint density at radius 1 is 0.941 bits per heavy atom. The number of rotatable bonds is 2. The first-order valence-electron chi connectivity index (χ1n) is 5.08. The molecule has 0 fully saturated rings. The van der Waals surface area contributed by atoms with E-state index in [0.717, 1.165) is 5.56 Å². The van der Waals surface area contributed by atoms with Crippen molar-refractivity contribution in [2.45, 2.75) is 16.7 Å². The SMILES string of the molecule is Cc1cc(S(=O)(=O)c2ccccc2)ccc1Cl. The summed E-state index contributed by atoms with van der Waals surface area (Å²) in [5, 5.41) is 0.567. The third kappa shape index (κ3) is 2.35. The van der Waals surface area contributed by atoms with Gasteiger partial charge in [0.15, 0.2) is 0 Å². The van der Waals surface area contributed by atoms with E-state index in [1.54, 1.807) is 49.4 Å². The van der Waals surface area contributed by atoms with Crippen molar-refractivity contribution in [1.29, 1.82) is 0 Å². The minimum atomic E-state index is -3.44. The molecule has 0 unspecified atom stereocenters. The molecule has 0 N–H and O–H groups in total. The van der Waals surface area contributed by atoms with Crippen molar-refractivity contribution >= 4 is 21.4 Å². The minimum absolute atomic E-state index is 0.269. The Morgan fingerprint density at radius 3 is 2.18 bits per heavy atom. The smallest absolute Gasteiger partial charge is 0.206 e. The fourth-order valence-corrected chi connectivity index (χ4v) is 3.00. The van der Waals surface area contributed by atoms with Crippen LogP contribution in [-0.2, 0) is 9.84 Å². The zero-order valence-corrected chi connectivity index (χ0v) is 10.8. The van der Waals surface area contributed by atoms with Crippen LogP contribution in [-0.4, -0.2) is 8.42 Å². The summed E-state index contributed by atoms with van der Waals surface area (Å²) in [5.74, 6) is 0. The van der Waals surface area contributed by atoms with Gasteiger partial charge in [-0.15, -0.1) is 0 Å². The van der Waals surface area contributed by atoms with Crippen LogP contribution >= 0.6 is 11.6 Å². The van der Waals surface area contributed by atoms with Crippen LogP contribution < -0.4 is 0 Å². The highest BCUT2D eigenvalue weighted by molar-refractivity contribution is 7.91. The van der Waals surface area contributed by atoms with Crippen LogP contribution in [0, 0.1) is 6.92 Å². The lowest BCUT2D eigenvalue weighted by atomic mass is 10.2. The van der Waals surface area contributed by atoms with E-state index < -0.39 is 9.84 Å². The van der Waals surface area contributed by atoms with E-state index >= 15 is 0 Å². The van der Waals surface area contributed by atoms with Crippen molar-refractivity contribution in [2.24, 2.45) is 0 Å². The zero-order valence-electron chi connectivity index (χ0n) is 9.22. The molecule has 2 nitrogen and oxygen atoms in total. The normalized spacial score (nSPS) is 11.4. The molecule has 0 aliphatic carbocycles. The van der Waals surface area contributed by atoms with Crippen LogP contribution in [0.1, 0.15) is 5.56 Å². The van der Waals surface area contributed by atoms with Gasteiger partial charge in [-0.05, 0) is 42.8 Å². The molecule has 2 rings (SSSR count). The van der Waals surface area contributed by atoms with Gasteiger partial charge in [0.1, 0.15) is 0 Å². The van der Waals surface area contributed by atoms with Crippen LogP contribution in [0.15, 0.2) is 58.3 Å². The minimum Gasteiger partial charge on any atom is -0.219 e. The third-order valence-corrected chi connectivity index (χ3v) is 4.68. The summed E-state index contributed by atoms with van der Waals surface area (Å²) >= 11 is 5.88. The van der Waals surface area contributed by atoms with Gasteiger partial charge in [-0.1, -0.05) is 29.8 Å². The Morgan fingerprint density at radius 2 is 1.59 bits per heavy atom. The van der Waals surface area contributed by atoms with Gasteiger partial charge in [-0.3, -0.25) is 0 Å². The van der Waals surface area contributed by atoms with Gasteiger partial charge in [0.05, 0.1) is 9.79 Å². The van der Waals surface area contributed by atoms with Gasteiger partial charge >= 0.3 is 0 Å². The maximum absolute atomic E-state index is 12.3. The molecule has 0 atom stereocenters. The molecule has 0 saturated carbocycles. The molecule has 0 heterocycles. The lowest BCUT2D eigenvalue weighted by molar-refractivity contribution is 0.596. The average Bonchev–Trinajstić information content (AvgIpc) is 2.33. The van der Waals surface area contributed by atoms with Gasteiger partial charge in [0.2, 0.25) is 9.84 Å². The Hall–Kier alpha value is -1.32. The number of hydrogen-bond donors (Lipinski definition) is 0. The molecule has 0 amide bonds. The molecule has 0 aliphatic heterocycles. The van der Waals surface area contributed by atoms with Crippen LogP contribution in [0.3, 0.4) is 0 Å². The Balaban J connectivity index is 2.57. The highest BCUT2D eigenvalue weighted by atomic mass is 35.5. The first-order chi connectivity index (χ1) is 8.01. The molecular weight excluding hydrogens is 256 g/mol. The van der Waals surface area contributed by atoms with Crippen molar-refractivity contribution < 1.29 is 8.42 Å².